The number of aryl methyl sites for hydroxylation is 2. The average molecular weight is 431 g/mol. The molecule has 7 heteroatoms. The number of carbonyl (C=O) groups excluding carboxylic acids is 1. The molecule has 0 N–H and O–H groups in total. The van der Waals surface area contributed by atoms with Gasteiger partial charge in [-0.3, -0.25) is 10.1 Å². The fourth-order valence-electron chi connectivity index (χ4n) is 4.18. The highest BCUT2D eigenvalue weighted by atomic mass is 16.7. The van der Waals surface area contributed by atoms with Crippen LogP contribution in [0, 0.1) is 29.4 Å². The molecule has 0 fully saturated rings. The molecule has 0 amide bonds. The lowest BCUT2D eigenvalue weighted by molar-refractivity contribution is -0.384. The molecule has 0 aliphatic heterocycles. The minimum absolute atomic E-state index is 0.0567. The van der Waals surface area contributed by atoms with Crippen LogP contribution in [0.2, 0.25) is 0 Å². The molecule has 0 radical (unpaired) electrons. The van der Waals surface area contributed by atoms with Crippen LogP contribution < -0.4 is 0 Å². The van der Waals surface area contributed by atoms with Crippen LogP contribution in [-0.4, -0.2) is 21.2 Å². The summed E-state index contributed by atoms with van der Waals surface area (Å²) in [7, 11) is 0. The summed E-state index contributed by atoms with van der Waals surface area (Å²) in [5.41, 5.74) is 6.31. The molecular weight excluding hydrogens is 406 g/mol. The molecule has 0 bridgehead atoms. The first-order valence-corrected chi connectivity index (χ1v) is 10.5. The van der Waals surface area contributed by atoms with Gasteiger partial charge in [0.2, 0.25) is 0 Å². The number of hydrogen-bond acceptors (Lipinski definition) is 5. The molecule has 4 rings (SSSR count). The van der Waals surface area contributed by atoms with Crippen molar-refractivity contribution in [2.45, 2.75) is 40.5 Å². The minimum atomic E-state index is -0.646. The fourth-order valence-corrected chi connectivity index (χ4v) is 4.18. The lowest BCUT2D eigenvalue weighted by Crippen LogP contribution is -2.28. The molecule has 32 heavy (non-hydrogen) atoms. The zero-order valence-corrected chi connectivity index (χ0v) is 18.6. The maximum absolute atomic E-state index is 12.5. The highest BCUT2D eigenvalue weighted by Gasteiger charge is 2.33. The van der Waals surface area contributed by atoms with Gasteiger partial charge >= 0.3 is 5.97 Å². The predicted octanol–water partition coefficient (Wildman–Crippen LogP) is 5.54. The van der Waals surface area contributed by atoms with Crippen LogP contribution in [0.5, 0.6) is 0 Å². The second-order valence-corrected chi connectivity index (χ2v) is 9.06. The zero-order valence-electron chi connectivity index (χ0n) is 18.6. The quantitative estimate of drug-likeness (QED) is 0.308. The Hall–Kier alpha value is -3.74. The van der Waals surface area contributed by atoms with Crippen LogP contribution in [-0.2, 0) is 11.3 Å². The van der Waals surface area contributed by atoms with Crippen molar-refractivity contribution in [3.8, 4) is 5.69 Å². The smallest absolute Gasteiger partial charge is 0.318 e. The fraction of sp³-hybridized carbons (Fsp3) is 0.280. The van der Waals surface area contributed by atoms with E-state index in [4.69, 9.17) is 4.84 Å². The van der Waals surface area contributed by atoms with E-state index in [0.717, 1.165) is 34.8 Å². The number of benzene rings is 2. The molecule has 7 nitrogen and oxygen atoms in total. The van der Waals surface area contributed by atoms with Crippen LogP contribution in [0.3, 0.4) is 0 Å². The summed E-state index contributed by atoms with van der Waals surface area (Å²) in [5.74, 6) is -0.646. The molecule has 3 aromatic rings. The van der Waals surface area contributed by atoms with Crippen molar-refractivity contribution >= 4 is 17.4 Å². The van der Waals surface area contributed by atoms with E-state index in [0.29, 0.717) is 6.42 Å². The summed E-state index contributed by atoms with van der Waals surface area (Å²) < 4.78 is 2.24. The third-order valence-corrected chi connectivity index (χ3v) is 5.73. The second-order valence-electron chi connectivity index (χ2n) is 9.06. The number of fused-ring (bicyclic) bond motifs is 1. The van der Waals surface area contributed by atoms with E-state index in [-0.39, 0.29) is 16.7 Å². The van der Waals surface area contributed by atoms with Crippen LogP contribution in [0.4, 0.5) is 5.69 Å². The van der Waals surface area contributed by atoms with Crippen molar-refractivity contribution in [2.24, 2.45) is 10.6 Å². The number of nitro benzene ring substituents is 1. The van der Waals surface area contributed by atoms with E-state index >= 15 is 0 Å². The Balaban J connectivity index is 1.66. The average Bonchev–Trinajstić information content (AvgIpc) is 3.07. The lowest BCUT2D eigenvalue weighted by atomic mass is 9.76. The number of nitrogens with zero attached hydrogens (tertiary/aromatic N) is 3. The number of carbonyl (C=O) groups is 1. The molecular formula is C25H25N3O4. The van der Waals surface area contributed by atoms with Crippen LogP contribution >= 0.6 is 0 Å². The Morgan fingerprint density at radius 2 is 1.72 bits per heavy atom. The number of rotatable bonds is 4. The number of oxime groups is 1. The van der Waals surface area contributed by atoms with Gasteiger partial charge in [0.1, 0.15) is 0 Å². The largest absolute Gasteiger partial charge is 0.365 e. The number of non-ortho nitro benzene ring substituents is 1. The van der Waals surface area contributed by atoms with Gasteiger partial charge in [-0.05, 0) is 62.4 Å². The molecule has 0 saturated heterocycles. The van der Waals surface area contributed by atoms with Crippen molar-refractivity contribution in [3.05, 3.63) is 92.8 Å². The normalized spacial score (nSPS) is 15.9. The van der Waals surface area contributed by atoms with Gasteiger partial charge in [-0.2, -0.15) is 0 Å². The highest BCUT2D eigenvalue weighted by molar-refractivity contribution is 6.03. The van der Waals surface area contributed by atoms with E-state index in [2.05, 4.69) is 67.7 Å². The number of aromatic nitrogens is 1. The first kappa shape index (κ1) is 21.5. The van der Waals surface area contributed by atoms with Crippen LogP contribution in [0.1, 0.15) is 53.1 Å². The molecule has 0 atom stereocenters. The summed E-state index contributed by atoms with van der Waals surface area (Å²) in [4.78, 5) is 28.0. The predicted molar refractivity (Wildman–Crippen MR) is 122 cm³/mol. The molecule has 2 aromatic carbocycles. The third-order valence-electron chi connectivity index (χ3n) is 5.73. The Morgan fingerprint density at radius 1 is 1.06 bits per heavy atom. The van der Waals surface area contributed by atoms with Crippen LogP contribution in [0.25, 0.3) is 5.69 Å². The van der Waals surface area contributed by atoms with Gasteiger partial charge in [0.05, 0.1) is 16.2 Å². The van der Waals surface area contributed by atoms with Crippen molar-refractivity contribution in [1.82, 2.24) is 4.57 Å². The van der Waals surface area contributed by atoms with Gasteiger partial charge in [-0.25, -0.2) is 4.79 Å². The van der Waals surface area contributed by atoms with E-state index in [1.165, 1.54) is 29.8 Å². The third kappa shape index (κ3) is 4.19. The highest BCUT2D eigenvalue weighted by Crippen LogP contribution is 2.38. The molecule has 0 spiro atoms. The maximum Gasteiger partial charge on any atom is 0.365 e. The van der Waals surface area contributed by atoms with Crippen molar-refractivity contribution in [3.63, 3.8) is 0 Å². The van der Waals surface area contributed by atoms with Gasteiger partial charge in [-0.15, -0.1) is 0 Å². The van der Waals surface area contributed by atoms with E-state index in [9.17, 15) is 14.9 Å². The molecule has 1 aromatic heterocycles. The Morgan fingerprint density at radius 3 is 2.34 bits per heavy atom. The number of nitro groups is 1. The van der Waals surface area contributed by atoms with Gasteiger partial charge in [-0.1, -0.05) is 36.7 Å². The van der Waals surface area contributed by atoms with E-state index in [1.807, 2.05) is 0 Å². The van der Waals surface area contributed by atoms with Crippen LogP contribution in [0.15, 0.2) is 59.8 Å². The zero-order chi connectivity index (χ0) is 23.0. The summed E-state index contributed by atoms with van der Waals surface area (Å²) in [6, 6.07) is 15.8. The maximum atomic E-state index is 12.5. The minimum Gasteiger partial charge on any atom is -0.318 e. The first-order chi connectivity index (χ1) is 15.1. The molecule has 1 aliphatic carbocycles. The van der Waals surface area contributed by atoms with Crippen molar-refractivity contribution in [2.75, 3.05) is 0 Å². The van der Waals surface area contributed by atoms with Gasteiger partial charge in [0, 0.05) is 34.8 Å². The second kappa shape index (κ2) is 8.07. The molecule has 0 unspecified atom stereocenters. The monoisotopic (exact) mass is 431 g/mol. The summed E-state index contributed by atoms with van der Waals surface area (Å²) >= 11 is 0. The molecule has 0 saturated carbocycles. The lowest BCUT2D eigenvalue weighted by Gasteiger charge is -2.31. The Labute approximate surface area is 186 Å². The Kier molecular flexibility index (Phi) is 5.42. The van der Waals surface area contributed by atoms with E-state index in [1.54, 1.807) is 0 Å². The topological polar surface area (TPSA) is 86.7 Å². The van der Waals surface area contributed by atoms with Crippen molar-refractivity contribution < 1.29 is 14.6 Å². The van der Waals surface area contributed by atoms with E-state index < -0.39 is 10.9 Å². The SMILES string of the molecule is Cc1ccc(-n2c(C)cc3c2CC(C)(C)C/C3=N\OC(=O)c2ccc([N+](=O)[O-])cc2)cc1. The Bertz CT molecular complexity index is 1220. The summed E-state index contributed by atoms with van der Waals surface area (Å²) in [6.45, 7) is 8.47. The van der Waals surface area contributed by atoms with Gasteiger partial charge in [0.15, 0.2) is 0 Å². The first-order valence-electron chi connectivity index (χ1n) is 10.5. The summed E-state index contributed by atoms with van der Waals surface area (Å²) in [5, 5.41) is 15.0. The van der Waals surface area contributed by atoms with Gasteiger partial charge in [0.25, 0.3) is 5.69 Å². The van der Waals surface area contributed by atoms with Gasteiger partial charge < -0.3 is 9.40 Å². The van der Waals surface area contributed by atoms with Crippen molar-refractivity contribution in [1.29, 1.82) is 0 Å². The molecule has 1 aliphatic rings. The molecule has 164 valence electrons. The summed E-state index contributed by atoms with van der Waals surface area (Å²) in [6.07, 6.45) is 1.55. The molecule has 1 heterocycles. The standard InChI is InChI=1S/C25H25N3O4/c1-16-5-9-19(10-6-16)27-17(2)13-21-22(14-25(3,4)15-23(21)27)26-32-24(29)18-7-11-20(12-8-18)28(30)31/h5-13H,14-15H2,1-4H3/b26-22+. The number of hydrogen-bond donors (Lipinski definition) is 0.